The molecule has 0 amide bonds. The number of aliphatic hydroxyl groups excluding tert-OH is 4. The van der Waals surface area contributed by atoms with Gasteiger partial charge in [-0.2, -0.15) is 0 Å². The summed E-state index contributed by atoms with van der Waals surface area (Å²) >= 11 is 0. The predicted molar refractivity (Wildman–Crippen MR) is 133 cm³/mol. The van der Waals surface area contributed by atoms with E-state index in [1.54, 1.807) is 16.8 Å². The molecule has 1 aliphatic heterocycles. The van der Waals surface area contributed by atoms with Gasteiger partial charge in [-0.1, -0.05) is 12.1 Å². The number of hydrogen-bond donors (Lipinski definition) is 4. The molecule has 1 fully saturated rings. The average molecular weight is 517 g/mol. The number of nitrogens with zero attached hydrogens (tertiary/aromatic N) is 2. The van der Waals surface area contributed by atoms with Crippen molar-refractivity contribution in [2.75, 3.05) is 13.2 Å². The van der Waals surface area contributed by atoms with Crippen molar-refractivity contribution in [1.82, 2.24) is 9.78 Å². The molecule has 37 heavy (non-hydrogen) atoms. The standard InChI is InChI=1S/C27H33FN2O7/c1-4-35-19-11-7-17(8-12-19)22-20(13-16-5-9-18(28)10-6-16)26(29-30(22)15(2)3)37-27-25(34)24(33)23(32)21(14-31)36-27/h5-12,15,21,23-25,27,31-34H,4,13-14H2,1-3H3/t21-,23-,24+,25-,27+/m1/s1. The molecular formula is C27H33FN2O7. The van der Waals surface area contributed by atoms with Crippen molar-refractivity contribution in [3.63, 3.8) is 0 Å². The summed E-state index contributed by atoms with van der Waals surface area (Å²) in [5.41, 5.74) is 3.05. The zero-order valence-corrected chi connectivity index (χ0v) is 21.0. The van der Waals surface area contributed by atoms with Crippen LogP contribution in [0, 0.1) is 5.82 Å². The summed E-state index contributed by atoms with van der Waals surface area (Å²) in [4.78, 5) is 0. The summed E-state index contributed by atoms with van der Waals surface area (Å²) in [6.45, 7) is 5.79. The zero-order valence-electron chi connectivity index (χ0n) is 21.0. The SMILES string of the molecule is CCOc1ccc(-c2c(Cc3ccc(F)cc3)c(O[C@@H]3O[C@H](CO)[C@@H](O)[C@H](O)[C@H]3O)nn2C(C)C)cc1. The van der Waals surface area contributed by atoms with Crippen molar-refractivity contribution in [1.29, 1.82) is 0 Å². The molecule has 200 valence electrons. The normalized spacial score (nSPS) is 23.9. The Morgan fingerprint density at radius 2 is 1.68 bits per heavy atom. The van der Waals surface area contributed by atoms with Gasteiger partial charge in [-0.15, -0.1) is 5.10 Å². The summed E-state index contributed by atoms with van der Waals surface area (Å²) in [7, 11) is 0. The highest BCUT2D eigenvalue weighted by atomic mass is 19.1. The molecule has 0 spiro atoms. The molecule has 0 saturated carbocycles. The van der Waals surface area contributed by atoms with E-state index in [9.17, 15) is 24.8 Å². The van der Waals surface area contributed by atoms with E-state index in [1.807, 2.05) is 45.0 Å². The van der Waals surface area contributed by atoms with E-state index < -0.39 is 37.3 Å². The van der Waals surface area contributed by atoms with Crippen LogP contribution in [0.2, 0.25) is 0 Å². The number of hydrogen-bond acceptors (Lipinski definition) is 8. The van der Waals surface area contributed by atoms with Crippen molar-refractivity contribution in [3.8, 4) is 22.9 Å². The van der Waals surface area contributed by atoms with E-state index in [4.69, 9.17) is 14.2 Å². The first kappa shape index (κ1) is 27.0. The summed E-state index contributed by atoms with van der Waals surface area (Å²) < 4.78 is 32.5. The van der Waals surface area contributed by atoms with Crippen LogP contribution in [0.3, 0.4) is 0 Å². The van der Waals surface area contributed by atoms with Gasteiger partial charge in [0.15, 0.2) is 0 Å². The molecule has 0 radical (unpaired) electrons. The highest BCUT2D eigenvalue weighted by Gasteiger charge is 2.45. The smallest absolute Gasteiger partial charge is 0.239 e. The van der Waals surface area contributed by atoms with Crippen molar-refractivity contribution in [3.05, 3.63) is 65.5 Å². The molecule has 10 heteroatoms. The molecule has 4 rings (SSSR count). The van der Waals surface area contributed by atoms with Gasteiger partial charge in [0, 0.05) is 23.6 Å². The van der Waals surface area contributed by atoms with Gasteiger partial charge < -0.3 is 34.6 Å². The monoisotopic (exact) mass is 516 g/mol. The molecule has 9 nitrogen and oxygen atoms in total. The van der Waals surface area contributed by atoms with Crippen molar-refractivity contribution in [2.45, 2.75) is 63.9 Å². The molecule has 1 aliphatic rings. The third-order valence-corrected chi connectivity index (χ3v) is 6.27. The lowest BCUT2D eigenvalue weighted by Gasteiger charge is -2.39. The average Bonchev–Trinajstić information content (AvgIpc) is 3.24. The van der Waals surface area contributed by atoms with Gasteiger partial charge in [-0.05, 0) is 62.7 Å². The quantitative estimate of drug-likeness (QED) is 0.342. The Balaban J connectivity index is 1.79. The van der Waals surface area contributed by atoms with Crippen LogP contribution in [0.1, 0.15) is 37.9 Å². The van der Waals surface area contributed by atoms with Gasteiger partial charge in [0.2, 0.25) is 12.2 Å². The molecule has 3 aromatic rings. The minimum atomic E-state index is -1.59. The third kappa shape index (κ3) is 5.78. The van der Waals surface area contributed by atoms with Crippen LogP contribution in [-0.4, -0.2) is 74.1 Å². The van der Waals surface area contributed by atoms with E-state index in [0.29, 0.717) is 18.6 Å². The fraction of sp³-hybridized carbons (Fsp3) is 0.444. The molecule has 2 heterocycles. The fourth-order valence-electron chi connectivity index (χ4n) is 4.34. The number of halogens is 1. The summed E-state index contributed by atoms with van der Waals surface area (Å²) in [5, 5.41) is 45.1. The number of rotatable bonds is 9. The van der Waals surface area contributed by atoms with Gasteiger partial charge in [0.25, 0.3) is 0 Å². The second-order valence-corrected chi connectivity index (χ2v) is 9.25. The minimum Gasteiger partial charge on any atom is -0.494 e. The second kappa shape index (κ2) is 11.6. The third-order valence-electron chi connectivity index (χ3n) is 6.27. The van der Waals surface area contributed by atoms with E-state index in [1.165, 1.54) is 12.1 Å². The highest BCUT2D eigenvalue weighted by Crippen LogP contribution is 2.37. The maximum atomic E-state index is 13.6. The van der Waals surface area contributed by atoms with Crippen LogP contribution >= 0.6 is 0 Å². The Bertz CT molecular complexity index is 1160. The van der Waals surface area contributed by atoms with Crippen LogP contribution in [0.4, 0.5) is 4.39 Å². The van der Waals surface area contributed by atoms with Crippen molar-refractivity contribution in [2.24, 2.45) is 0 Å². The Morgan fingerprint density at radius 3 is 2.27 bits per heavy atom. The van der Waals surface area contributed by atoms with Crippen molar-refractivity contribution < 1.29 is 39.0 Å². The minimum absolute atomic E-state index is 0.0827. The van der Waals surface area contributed by atoms with Gasteiger partial charge in [0.05, 0.1) is 18.9 Å². The Labute approximate surface area is 214 Å². The zero-order chi connectivity index (χ0) is 26.7. The van der Waals surface area contributed by atoms with E-state index in [0.717, 1.165) is 22.6 Å². The molecule has 1 aromatic heterocycles. The van der Waals surface area contributed by atoms with Crippen LogP contribution in [0.5, 0.6) is 11.6 Å². The van der Waals surface area contributed by atoms with Crippen LogP contribution in [0.25, 0.3) is 11.3 Å². The van der Waals surface area contributed by atoms with Gasteiger partial charge >= 0.3 is 0 Å². The largest absolute Gasteiger partial charge is 0.494 e. The number of ether oxygens (including phenoxy) is 3. The molecule has 0 unspecified atom stereocenters. The van der Waals surface area contributed by atoms with Crippen LogP contribution < -0.4 is 9.47 Å². The molecular weight excluding hydrogens is 483 g/mol. The highest BCUT2D eigenvalue weighted by molar-refractivity contribution is 5.67. The number of aromatic nitrogens is 2. The molecule has 0 bridgehead atoms. The Morgan fingerprint density at radius 1 is 1.00 bits per heavy atom. The number of benzene rings is 2. The first-order valence-corrected chi connectivity index (χ1v) is 12.3. The molecule has 2 aromatic carbocycles. The molecule has 5 atom stereocenters. The lowest BCUT2D eigenvalue weighted by Crippen LogP contribution is -2.60. The maximum Gasteiger partial charge on any atom is 0.239 e. The first-order chi connectivity index (χ1) is 17.7. The van der Waals surface area contributed by atoms with E-state index in [2.05, 4.69) is 5.10 Å². The molecule has 0 aliphatic carbocycles. The summed E-state index contributed by atoms with van der Waals surface area (Å²) in [6.07, 6.45) is -6.88. The van der Waals surface area contributed by atoms with Crippen LogP contribution in [-0.2, 0) is 11.2 Å². The summed E-state index contributed by atoms with van der Waals surface area (Å²) in [6, 6.07) is 13.5. The molecule has 1 saturated heterocycles. The predicted octanol–water partition coefficient (Wildman–Crippen LogP) is 2.44. The van der Waals surface area contributed by atoms with Gasteiger partial charge in [-0.25, -0.2) is 4.39 Å². The van der Waals surface area contributed by atoms with E-state index >= 15 is 0 Å². The van der Waals surface area contributed by atoms with Crippen molar-refractivity contribution >= 4 is 0 Å². The topological polar surface area (TPSA) is 126 Å². The Hall–Kier alpha value is -3.02. The lowest BCUT2D eigenvalue weighted by atomic mass is 9.99. The maximum absolute atomic E-state index is 13.6. The van der Waals surface area contributed by atoms with Gasteiger partial charge in [-0.3, -0.25) is 4.68 Å². The lowest BCUT2D eigenvalue weighted by molar-refractivity contribution is -0.278. The van der Waals surface area contributed by atoms with E-state index in [-0.39, 0.29) is 17.7 Å². The first-order valence-electron chi connectivity index (χ1n) is 12.3. The molecule has 4 N–H and O–H groups in total. The summed E-state index contributed by atoms with van der Waals surface area (Å²) in [5.74, 6) is 0.511. The van der Waals surface area contributed by atoms with Gasteiger partial charge in [0.1, 0.15) is 36.0 Å². The van der Waals surface area contributed by atoms with Crippen LogP contribution in [0.15, 0.2) is 48.5 Å². The fourth-order valence-corrected chi connectivity index (χ4v) is 4.34. The number of aliphatic hydroxyl groups is 4. The second-order valence-electron chi connectivity index (χ2n) is 9.25. The Kier molecular flexibility index (Phi) is 8.46.